The van der Waals surface area contributed by atoms with Crippen molar-refractivity contribution in [2.24, 2.45) is 5.41 Å². The van der Waals surface area contributed by atoms with E-state index >= 15 is 8.78 Å². The van der Waals surface area contributed by atoms with Crippen LogP contribution in [0.4, 0.5) is 14.5 Å². The maximum atomic E-state index is 16.2. The zero-order valence-corrected chi connectivity index (χ0v) is 25.0. The number of carbonyl (C=O) groups excluding carboxylic acids is 1. The summed E-state index contributed by atoms with van der Waals surface area (Å²) < 4.78 is 49.5. The van der Waals surface area contributed by atoms with E-state index in [2.05, 4.69) is 0 Å². The molecule has 1 heterocycles. The van der Waals surface area contributed by atoms with Crippen LogP contribution in [0.2, 0.25) is 0 Å². The number of methoxy groups -OCH3 is 1. The first-order chi connectivity index (χ1) is 19.0. The fourth-order valence-corrected chi connectivity index (χ4v) is 7.55. The SMILES string of the molecule is COC(=O)Cc1cc(C(O[Si](c2ccccc2)c2ccccc2)C(C)(C)C)c(N2CC(C)OC(C)C2)c(F)c1F. The summed E-state index contributed by atoms with van der Waals surface area (Å²) >= 11 is 0. The van der Waals surface area contributed by atoms with Gasteiger partial charge in [-0.15, -0.1) is 0 Å². The molecule has 1 saturated heterocycles. The Kier molecular flexibility index (Phi) is 9.43. The summed E-state index contributed by atoms with van der Waals surface area (Å²) in [4.78, 5) is 14.0. The highest BCUT2D eigenvalue weighted by atomic mass is 28.3. The van der Waals surface area contributed by atoms with Crippen LogP contribution in [0.3, 0.4) is 0 Å². The molecular weight excluding hydrogens is 528 g/mol. The maximum absolute atomic E-state index is 16.2. The third-order valence-corrected chi connectivity index (χ3v) is 9.15. The van der Waals surface area contributed by atoms with Crippen LogP contribution in [-0.2, 0) is 25.1 Å². The van der Waals surface area contributed by atoms with E-state index in [9.17, 15) is 4.79 Å². The zero-order chi connectivity index (χ0) is 29.0. The first kappa shape index (κ1) is 29.9. The number of halogens is 2. The number of hydrogen-bond donors (Lipinski definition) is 0. The van der Waals surface area contributed by atoms with Gasteiger partial charge in [-0.05, 0) is 35.7 Å². The Balaban J connectivity index is 1.92. The molecule has 0 N–H and O–H groups in total. The number of nitrogens with zero attached hydrogens (tertiary/aromatic N) is 1. The number of esters is 1. The minimum Gasteiger partial charge on any atom is -0.469 e. The van der Waals surface area contributed by atoms with E-state index in [4.69, 9.17) is 13.9 Å². The zero-order valence-electron chi connectivity index (χ0n) is 24.0. The van der Waals surface area contributed by atoms with Crippen molar-refractivity contribution in [3.8, 4) is 0 Å². The molecular formula is C32H38F2NO4Si. The number of benzene rings is 3. The van der Waals surface area contributed by atoms with Gasteiger partial charge in [0.1, 0.15) is 0 Å². The van der Waals surface area contributed by atoms with Gasteiger partial charge >= 0.3 is 5.97 Å². The average Bonchev–Trinajstić information content (AvgIpc) is 2.91. The quantitative estimate of drug-likeness (QED) is 0.277. The minimum atomic E-state index is -1.81. The molecule has 1 radical (unpaired) electrons. The second-order valence-electron chi connectivity index (χ2n) is 11.4. The second-order valence-corrected chi connectivity index (χ2v) is 13.5. The number of hydrogen-bond acceptors (Lipinski definition) is 5. The topological polar surface area (TPSA) is 48.0 Å². The van der Waals surface area contributed by atoms with Crippen LogP contribution >= 0.6 is 0 Å². The van der Waals surface area contributed by atoms with Crippen LogP contribution in [0.5, 0.6) is 0 Å². The number of morpholine rings is 1. The third-order valence-electron chi connectivity index (χ3n) is 6.96. The lowest BCUT2D eigenvalue weighted by atomic mass is 9.83. The molecule has 0 aromatic heterocycles. The normalized spacial score (nSPS) is 18.6. The Morgan fingerprint density at radius 3 is 1.98 bits per heavy atom. The molecule has 8 heteroatoms. The van der Waals surface area contributed by atoms with Gasteiger partial charge < -0.3 is 18.8 Å². The lowest BCUT2D eigenvalue weighted by molar-refractivity contribution is -0.139. The lowest BCUT2D eigenvalue weighted by Gasteiger charge is -2.41. The van der Waals surface area contributed by atoms with Crippen molar-refractivity contribution in [3.05, 3.63) is 89.5 Å². The molecule has 40 heavy (non-hydrogen) atoms. The van der Waals surface area contributed by atoms with E-state index in [0.29, 0.717) is 18.7 Å². The van der Waals surface area contributed by atoms with Gasteiger partial charge in [0.25, 0.3) is 9.04 Å². The van der Waals surface area contributed by atoms with Crippen molar-refractivity contribution < 1.29 is 27.5 Å². The largest absolute Gasteiger partial charge is 0.469 e. The number of ether oxygens (including phenoxy) is 2. The summed E-state index contributed by atoms with van der Waals surface area (Å²) in [5.41, 5.74) is 0.116. The molecule has 3 aromatic carbocycles. The Bertz CT molecular complexity index is 1250. The van der Waals surface area contributed by atoms with Crippen LogP contribution in [-0.4, -0.2) is 47.4 Å². The summed E-state index contributed by atoms with van der Waals surface area (Å²) in [6.07, 6.45) is -1.35. The number of anilines is 1. The Labute approximate surface area is 237 Å². The maximum Gasteiger partial charge on any atom is 0.310 e. The Hall–Kier alpha value is -3.07. The molecule has 0 spiro atoms. The fraction of sp³-hybridized carbons (Fsp3) is 0.406. The summed E-state index contributed by atoms with van der Waals surface area (Å²) in [5.74, 6) is -2.67. The van der Waals surface area contributed by atoms with E-state index in [1.54, 1.807) is 6.07 Å². The van der Waals surface area contributed by atoms with Crippen LogP contribution in [0.15, 0.2) is 66.7 Å². The van der Waals surface area contributed by atoms with Gasteiger partial charge in [-0.3, -0.25) is 4.79 Å². The molecule has 3 unspecified atom stereocenters. The molecule has 3 atom stereocenters. The molecule has 3 aromatic rings. The van der Waals surface area contributed by atoms with E-state index in [0.717, 1.165) is 10.4 Å². The van der Waals surface area contributed by atoms with Gasteiger partial charge in [-0.1, -0.05) is 81.4 Å². The van der Waals surface area contributed by atoms with E-state index in [1.807, 2.05) is 100 Å². The molecule has 213 valence electrons. The molecule has 0 saturated carbocycles. The molecule has 1 aliphatic rings. The predicted octanol–water partition coefficient (Wildman–Crippen LogP) is 5.20. The van der Waals surface area contributed by atoms with Gasteiger partial charge in [0.05, 0.1) is 37.5 Å². The van der Waals surface area contributed by atoms with Gasteiger partial charge in [0.2, 0.25) is 0 Å². The molecule has 1 fully saturated rings. The van der Waals surface area contributed by atoms with Gasteiger partial charge in [-0.25, -0.2) is 8.78 Å². The van der Waals surface area contributed by atoms with Crippen molar-refractivity contribution in [1.29, 1.82) is 0 Å². The van der Waals surface area contributed by atoms with E-state index in [-0.39, 0.29) is 29.9 Å². The predicted molar refractivity (Wildman–Crippen MR) is 155 cm³/mol. The number of rotatable bonds is 8. The molecule has 0 aliphatic carbocycles. The van der Waals surface area contributed by atoms with Gasteiger partial charge in [0, 0.05) is 24.2 Å². The standard InChI is InChI=1S/C32H38F2NO4Si/c1-21-19-35(20-22(2)38-21)30-26(17-23(18-27(36)37-6)28(33)29(30)34)31(32(3,4)5)39-40(24-13-9-7-10-14-24)25-15-11-8-12-16-25/h7-17,21-22,31H,18-20H2,1-6H3. The van der Waals surface area contributed by atoms with Gasteiger partial charge in [-0.2, -0.15) is 0 Å². The monoisotopic (exact) mass is 566 g/mol. The average molecular weight is 567 g/mol. The highest BCUT2D eigenvalue weighted by Crippen LogP contribution is 2.44. The van der Waals surface area contributed by atoms with E-state index < -0.39 is 38.2 Å². The smallest absolute Gasteiger partial charge is 0.310 e. The van der Waals surface area contributed by atoms with Crippen molar-refractivity contribution in [2.75, 3.05) is 25.1 Å². The molecule has 0 amide bonds. The van der Waals surface area contributed by atoms with Crippen LogP contribution in [0.25, 0.3) is 0 Å². The van der Waals surface area contributed by atoms with Crippen molar-refractivity contribution >= 4 is 31.1 Å². The second kappa shape index (κ2) is 12.6. The highest BCUT2D eigenvalue weighted by molar-refractivity contribution is 6.80. The molecule has 1 aliphatic heterocycles. The summed E-state index contributed by atoms with van der Waals surface area (Å²) in [6.45, 7) is 10.7. The third kappa shape index (κ3) is 6.79. The van der Waals surface area contributed by atoms with Crippen LogP contribution in [0, 0.1) is 17.0 Å². The lowest BCUT2D eigenvalue weighted by Crippen LogP contribution is -2.48. The van der Waals surface area contributed by atoms with Crippen molar-refractivity contribution in [3.63, 3.8) is 0 Å². The summed E-state index contributed by atoms with van der Waals surface area (Å²) in [5, 5.41) is 2.08. The van der Waals surface area contributed by atoms with Crippen LogP contribution < -0.4 is 15.3 Å². The van der Waals surface area contributed by atoms with Crippen molar-refractivity contribution in [1.82, 2.24) is 0 Å². The molecule has 4 rings (SSSR count). The minimum absolute atomic E-state index is 0.0523. The Morgan fingerprint density at radius 2 is 1.50 bits per heavy atom. The fourth-order valence-electron chi connectivity index (χ4n) is 5.24. The van der Waals surface area contributed by atoms with Gasteiger partial charge in [0.15, 0.2) is 11.6 Å². The van der Waals surface area contributed by atoms with Crippen molar-refractivity contribution in [2.45, 2.75) is 59.4 Å². The molecule has 0 bridgehead atoms. The molecule has 5 nitrogen and oxygen atoms in total. The highest BCUT2D eigenvalue weighted by Gasteiger charge is 2.38. The van der Waals surface area contributed by atoms with Crippen LogP contribution in [0.1, 0.15) is 51.8 Å². The first-order valence-electron chi connectivity index (χ1n) is 13.6. The summed E-state index contributed by atoms with van der Waals surface area (Å²) in [6, 6.07) is 21.6. The summed E-state index contributed by atoms with van der Waals surface area (Å²) in [7, 11) is -0.575. The first-order valence-corrected chi connectivity index (χ1v) is 15.0. The Morgan fingerprint density at radius 1 is 0.975 bits per heavy atom. The number of carbonyl (C=O) groups is 1. The van der Waals surface area contributed by atoms with E-state index in [1.165, 1.54) is 7.11 Å².